The topological polar surface area (TPSA) is 54.9 Å². The van der Waals surface area contributed by atoms with Gasteiger partial charge in [-0.1, -0.05) is 43.6 Å². The number of benzene rings is 1. The van der Waals surface area contributed by atoms with E-state index in [-0.39, 0.29) is 5.25 Å². The van der Waals surface area contributed by atoms with E-state index < -0.39 is 9.52 Å². The molecule has 1 aromatic heterocycles. The molecule has 2 rings (SSSR count). The number of hydrogen-bond donors (Lipinski definition) is 1. The molecule has 1 aromatic carbocycles. The van der Waals surface area contributed by atoms with Crippen LogP contribution in [0.25, 0.3) is 0 Å². The van der Waals surface area contributed by atoms with Crippen molar-refractivity contribution in [3.63, 3.8) is 0 Å². The third-order valence-electron chi connectivity index (χ3n) is 3.50. The molecular formula is C16H20ClN3OS. The van der Waals surface area contributed by atoms with E-state index in [0.29, 0.717) is 23.1 Å². The summed E-state index contributed by atoms with van der Waals surface area (Å²) in [5.41, 5.74) is 1.63. The monoisotopic (exact) mass is 337 g/mol. The summed E-state index contributed by atoms with van der Waals surface area (Å²) in [6.07, 6.45) is 2.06. The van der Waals surface area contributed by atoms with Crippen molar-refractivity contribution in [3.05, 3.63) is 46.7 Å². The number of anilines is 1. The largest absolute Gasteiger partial charge is 0.357 e. The zero-order chi connectivity index (χ0) is 16.3. The Bertz CT molecular complexity index is 773. The van der Waals surface area contributed by atoms with Crippen LogP contribution in [0.1, 0.15) is 25.1 Å². The summed E-state index contributed by atoms with van der Waals surface area (Å²) in [6.45, 7) is 3.84. The second-order valence-electron chi connectivity index (χ2n) is 5.30. The molecule has 1 atom stereocenters. The number of halogens is 1. The van der Waals surface area contributed by atoms with Crippen LogP contribution >= 0.6 is 11.6 Å². The molecular weight excluding hydrogens is 318 g/mol. The molecule has 1 unspecified atom stereocenters. The normalized spacial score (nSPS) is 13.9. The van der Waals surface area contributed by atoms with E-state index in [1.54, 1.807) is 13.2 Å². The highest BCUT2D eigenvalue weighted by Crippen LogP contribution is 2.25. The molecule has 0 saturated heterocycles. The molecule has 0 fully saturated rings. The molecule has 0 radical (unpaired) electrons. The number of nitrogens with one attached hydrogen (secondary N) is 1. The van der Waals surface area contributed by atoms with E-state index in [9.17, 15) is 4.21 Å². The molecule has 1 N–H and O–H groups in total. The van der Waals surface area contributed by atoms with Gasteiger partial charge in [0.05, 0.1) is 16.9 Å². The van der Waals surface area contributed by atoms with E-state index in [1.165, 1.54) is 0 Å². The third kappa shape index (κ3) is 3.42. The maximum atomic E-state index is 12.9. The fraction of sp³-hybridized carbons (Fsp3) is 0.312. The molecule has 2 aromatic rings. The zero-order valence-corrected chi connectivity index (χ0v) is 14.5. The van der Waals surface area contributed by atoms with Crippen molar-refractivity contribution < 1.29 is 4.21 Å². The van der Waals surface area contributed by atoms with Crippen LogP contribution in [0.5, 0.6) is 0 Å². The van der Waals surface area contributed by atoms with Gasteiger partial charge in [0.15, 0.2) is 0 Å². The average molecular weight is 338 g/mol. The van der Waals surface area contributed by atoms with Crippen molar-refractivity contribution in [2.45, 2.75) is 30.4 Å². The van der Waals surface area contributed by atoms with Crippen LogP contribution in [0.2, 0.25) is 5.02 Å². The highest BCUT2D eigenvalue weighted by atomic mass is 35.5. The maximum Gasteiger partial charge on any atom is 0.222 e. The van der Waals surface area contributed by atoms with Crippen molar-refractivity contribution in [3.8, 4) is 0 Å². The lowest BCUT2D eigenvalue weighted by atomic mass is 10.1. The van der Waals surface area contributed by atoms with E-state index in [0.717, 1.165) is 10.5 Å². The van der Waals surface area contributed by atoms with Crippen LogP contribution < -0.4 is 5.32 Å². The Morgan fingerprint density at radius 3 is 2.68 bits per heavy atom. The molecule has 0 aliphatic rings. The van der Waals surface area contributed by atoms with Crippen LogP contribution in [0, 0.1) is 0 Å². The summed E-state index contributed by atoms with van der Waals surface area (Å²) in [6, 6.07) is 7.62. The number of rotatable bonds is 5. The smallest absolute Gasteiger partial charge is 0.222 e. The maximum absolute atomic E-state index is 12.9. The van der Waals surface area contributed by atoms with Gasteiger partial charge >= 0.3 is 0 Å². The first-order chi connectivity index (χ1) is 10.4. The van der Waals surface area contributed by atoms with Gasteiger partial charge in [0.1, 0.15) is 0 Å². The fourth-order valence-electron chi connectivity index (χ4n) is 2.07. The molecule has 118 valence electrons. The summed E-state index contributed by atoms with van der Waals surface area (Å²) in [7, 11) is -0.606. The van der Waals surface area contributed by atoms with Crippen molar-refractivity contribution >= 4 is 32.9 Å². The molecule has 22 heavy (non-hydrogen) atoms. The van der Waals surface area contributed by atoms with Gasteiger partial charge in [-0.3, -0.25) is 4.21 Å². The number of nitrogens with zero attached hydrogens (tertiary/aromatic N) is 2. The first-order valence-corrected chi connectivity index (χ1v) is 9.16. The van der Waals surface area contributed by atoms with Crippen molar-refractivity contribution in [2.24, 2.45) is 0 Å². The van der Waals surface area contributed by atoms with Crippen molar-refractivity contribution in [1.29, 1.82) is 0 Å². The van der Waals surface area contributed by atoms with E-state index in [4.69, 9.17) is 11.6 Å². The molecule has 6 heteroatoms. The average Bonchev–Trinajstić information content (AvgIpc) is 2.49. The standard InChI is InChI=1S/C16H20ClN3OS/c1-11(2)22(4,21)15-8-6-5-7-12(15)9-14-13(17)10-19-16(18-3)20-14/h5-8,10-11H,4,9H2,1-3H3,(H,18,19,20). The Balaban J connectivity index is 2.48. The van der Waals surface area contributed by atoms with Crippen LogP contribution in [0.4, 0.5) is 5.95 Å². The SMILES string of the molecule is C=S(=O)(c1ccccc1Cc1nc(NC)ncc1Cl)C(C)C. The lowest BCUT2D eigenvalue weighted by molar-refractivity contribution is 0.673. The molecule has 0 spiro atoms. The van der Waals surface area contributed by atoms with Crippen molar-refractivity contribution in [2.75, 3.05) is 12.4 Å². The Morgan fingerprint density at radius 1 is 1.36 bits per heavy atom. The predicted octanol–water partition coefficient (Wildman–Crippen LogP) is 3.25. The second-order valence-corrected chi connectivity index (χ2v) is 8.54. The fourth-order valence-corrected chi connectivity index (χ4v) is 3.63. The summed E-state index contributed by atoms with van der Waals surface area (Å²) >= 11 is 6.19. The minimum atomic E-state index is -2.36. The molecule has 0 aliphatic carbocycles. The minimum absolute atomic E-state index is 0.0395. The van der Waals surface area contributed by atoms with Gasteiger partial charge in [0, 0.05) is 23.6 Å². The van der Waals surface area contributed by atoms with Crippen LogP contribution in [0.15, 0.2) is 35.4 Å². The summed E-state index contributed by atoms with van der Waals surface area (Å²) in [5, 5.41) is 3.35. The van der Waals surface area contributed by atoms with Crippen LogP contribution in [-0.4, -0.2) is 32.3 Å². The summed E-state index contributed by atoms with van der Waals surface area (Å²) < 4.78 is 12.9. The second kappa shape index (κ2) is 6.67. The van der Waals surface area contributed by atoms with E-state index >= 15 is 0 Å². The molecule has 0 bridgehead atoms. The molecule has 0 saturated carbocycles. The number of aromatic nitrogens is 2. The van der Waals surface area contributed by atoms with Crippen molar-refractivity contribution in [1.82, 2.24) is 9.97 Å². The quantitative estimate of drug-likeness (QED) is 0.851. The van der Waals surface area contributed by atoms with Crippen LogP contribution in [-0.2, 0) is 15.9 Å². The summed E-state index contributed by atoms with van der Waals surface area (Å²) in [4.78, 5) is 9.23. The number of hydrogen-bond acceptors (Lipinski definition) is 4. The minimum Gasteiger partial charge on any atom is -0.357 e. The predicted molar refractivity (Wildman–Crippen MR) is 94.5 cm³/mol. The molecule has 0 amide bonds. The Hall–Kier alpha value is -1.59. The molecule has 1 heterocycles. The third-order valence-corrected chi connectivity index (χ3v) is 6.49. The molecule has 0 aliphatic heterocycles. The lowest BCUT2D eigenvalue weighted by Crippen LogP contribution is -2.16. The van der Waals surface area contributed by atoms with E-state index in [1.807, 2.05) is 38.1 Å². The van der Waals surface area contributed by atoms with Gasteiger partial charge in [-0.05, 0) is 27.0 Å². The van der Waals surface area contributed by atoms with Gasteiger partial charge in [0.2, 0.25) is 5.95 Å². The van der Waals surface area contributed by atoms with Gasteiger partial charge in [-0.2, -0.15) is 0 Å². The van der Waals surface area contributed by atoms with Gasteiger partial charge in [0.25, 0.3) is 0 Å². The highest BCUT2D eigenvalue weighted by Gasteiger charge is 2.17. The van der Waals surface area contributed by atoms with Crippen LogP contribution in [0.3, 0.4) is 0 Å². The highest BCUT2D eigenvalue weighted by molar-refractivity contribution is 8.00. The van der Waals surface area contributed by atoms with E-state index in [2.05, 4.69) is 21.2 Å². The van der Waals surface area contributed by atoms with Gasteiger partial charge < -0.3 is 5.32 Å². The first-order valence-electron chi connectivity index (χ1n) is 6.99. The van der Waals surface area contributed by atoms with Gasteiger partial charge in [-0.15, -0.1) is 0 Å². The molecule has 4 nitrogen and oxygen atoms in total. The lowest BCUT2D eigenvalue weighted by Gasteiger charge is -2.17. The Kier molecular flexibility index (Phi) is 5.08. The Morgan fingerprint density at radius 2 is 2.05 bits per heavy atom. The zero-order valence-electron chi connectivity index (χ0n) is 13.0. The summed E-state index contributed by atoms with van der Waals surface area (Å²) in [5.74, 6) is 4.46. The first kappa shape index (κ1) is 16.8. The van der Waals surface area contributed by atoms with Gasteiger partial charge in [-0.25, -0.2) is 9.97 Å². The Labute approximate surface area is 137 Å².